The van der Waals surface area contributed by atoms with Crippen LogP contribution in [0.2, 0.25) is 0 Å². The quantitative estimate of drug-likeness (QED) is 0.760. The van der Waals surface area contributed by atoms with Gasteiger partial charge in [0.25, 0.3) is 0 Å². The first-order chi connectivity index (χ1) is 8.17. The molecular formula is C14H19N3. The molecule has 0 saturated carbocycles. The van der Waals surface area contributed by atoms with Gasteiger partial charge in [-0.25, -0.2) is 0 Å². The maximum Gasteiger partial charge on any atom is 0.0992 e. The maximum absolute atomic E-state index is 8.85. The van der Waals surface area contributed by atoms with Crippen molar-refractivity contribution >= 4 is 5.69 Å². The summed E-state index contributed by atoms with van der Waals surface area (Å²) in [5, 5.41) is 12.1. The van der Waals surface area contributed by atoms with Crippen molar-refractivity contribution < 1.29 is 0 Å². The van der Waals surface area contributed by atoms with E-state index in [1.807, 2.05) is 31.3 Å². The number of nitrogens with zero attached hydrogens (tertiary/aromatic N) is 2. The van der Waals surface area contributed by atoms with Gasteiger partial charge in [-0.2, -0.15) is 5.26 Å². The van der Waals surface area contributed by atoms with Crippen LogP contribution >= 0.6 is 0 Å². The van der Waals surface area contributed by atoms with Gasteiger partial charge in [0, 0.05) is 25.8 Å². The molecule has 0 aliphatic heterocycles. The minimum atomic E-state index is 0.687. The van der Waals surface area contributed by atoms with Gasteiger partial charge in [0.15, 0.2) is 0 Å². The number of anilines is 1. The predicted octanol–water partition coefficient (Wildman–Crippen LogP) is 2.16. The lowest BCUT2D eigenvalue weighted by Gasteiger charge is -2.21. The zero-order valence-corrected chi connectivity index (χ0v) is 10.5. The van der Waals surface area contributed by atoms with Crippen LogP contribution in [0.25, 0.3) is 0 Å². The summed E-state index contributed by atoms with van der Waals surface area (Å²) in [6.45, 7) is 8.68. The molecule has 1 aromatic carbocycles. The summed E-state index contributed by atoms with van der Waals surface area (Å²) in [6.07, 6.45) is 0. The van der Waals surface area contributed by atoms with Crippen molar-refractivity contribution in [3.05, 3.63) is 42.0 Å². The lowest BCUT2D eigenvalue weighted by Crippen LogP contribution is -2.25. The summed E-state index contributed by atoms with van der Waals surface area (Å²) in [7, 11) is 2.01. The minimum Gasteiger partial charge on any atom is -0.371 e. The van der Waals surface area contributed by atoms with Crippen LogP contribution < -0.4 is 10.2 Å². The van der Waals surface area contributed by atoms with E-state index in [0.717, 1.165) is 30.9 Å². The zero-order chi connectivity index (χ0) is 12.7. The summed E-state index contributed by atoms with van der Waals surface area (Å²) in [6, 6.07) is 9.75. The summed E-state index contributed by atoms with van der Waals surface area (Å²) in [5.41, 5.74) is 2.87. The predicted molar refractivity (Wildman–Crippen MR) is 72.1 cm³/mol. The van der Waals surface area contributed by atoms with Gasteiger partial charge in [0.2, 0.25) is 0 Å². The molecule has 90 valence electrons. The maximum atomic E-state index is 8.85. The molecule has 1 rings (SSSR count). The summed E-state index contributed by atoms with van der Waals surface area (Å²) >= 11 is 0. The standard InChI is InChI=1S/C14H19N3/c1-4-16-10-12(2)11-17(3)14-7-5-6-13(8-14)9-15/h5-8,16H,2,4,10-11H2,1,3H3. The molecule has 0 aromatic heterocycles. The molecule has 1 aromatic rings. The second-order valence-corrected chi connectivity index (χ2v) is 4.05. The Morgan fingerprint density at radius 3 is 2.94 bits per heavy atom. The normalized spacial score (nSPS) is 9.71. The van der Waals surface area contributed by atoms with Crippen LogP contribution in [0.1, 0.15) is 12.5 Å². The van der Waals surface area contributed by atoms with Crippen molar-refractivity contribution in [2.45, 2.75) is 6.92 Å². The third-order valence-corrected chi connectivity index (χ3v) is 2.50. The SMILES string of the molecule is C=C(CNCC)CN(C)c1cccc(C#N)c1. The van der Waals surface area contributed by atoms with Crippen LogP contribution in [0.3, 0.4) is 0 Å². The summed E-state index contributed by atoms with van der Waals surface area (Å²) in [5.74, 6) is 0. The summed E-state index contributed by atoms with van der Waals surface area (Å²) in [4.78, 5) is 2.10. The number of hydrogen-bond donors (Lipinski definition) is 1. The fourth-order valence-corrected chi connectivity index (χ4v) is 1.60. The van der Waals surface area contributed by atoms with Crippen molar-refractivity contribution in [3.63, 3.8) is 0 Å². The largest absolute Gasteiger partial charge is 0.371 e. The highest BCUT2D eigenvalue weighted by molar-refractivity contribution is 5.51. The third kappa shape index (κ3) is 4.29. The average Bonchev–Trinajstić information content (AvgIpc) is 2.36. The van der Waals surface area contributed by atoms with E-state index in [0.29, 0.717) is 5.56 Å². The molecule has 3 heteroatoms. The van der Waals surface area contributed by atoms with Gasteiger partial charge in [0.05, 0.1) is 11.6 Å². The van der Waals surface area contributed by atoms with E-state index in [2.05, 4.69) is 29.8 Å². The lowest BCUT2D eigenvalue weighted by molar-refractivity contribution is 0.760. The van der Waals surface area contributed by atoms with E-state index in [4.69, 9.17) is 5.26 Å². The monoisotopic (exact) mass is 229 g/mol. The Morgan fingerprint density at radius 2 is 2.29 bits per heavy atom. The van der Waals surface area contributed by atoms with Gasteiger partial charge in [-0.15, -0.1) is 0 Å². The first-order valence-electron chi connectivity index (χ1n) is 5.76. The van der Waals surface area contributed by atoms with Crippen molar-refractivity contribution in [1.82, 2.24) is 5.32 Å². The van der Waals surface area contributed by atoms with Gasteiger partial charge < -0.3 is 10.2 Å². The van der Waals surface area contributed by atoms with Crippen LogP contribution in [0.4, 0.5) is 5.69 Å². The van der Waals surface area contributed by atoms with Crippen LogP contribution in [-0.2, 0) is 0 Å². The minimum absolute atomic E-state index is 0.687. The van der Waals surface area contributed by atoms with Gasteiger partial charge in [-0.1, -0.05) is 19.6 Å². The number of likely N-dealkylation sites (N-methyl/N-ethyl adjacent to an activating group) is 2. The Kier molecular flexibility index (Phi) is 5.25. The molecule has 3 nitrogen and oxygen atoms in total. The van der Waals surface area contributed by atoms with Gasteiger partial charge in [-0.3, -0.25) is 0 Å². The average molecular weight is 229 g/mol. The first kappa shape index (κ1) is 13.3. The highest BCUT2D eigenvalue weighted by Gasteiger charge is 2.03. The molecule has 0 heterocycles. The van der Waals surface area contributed by atoms with Crippen molar-refractivity contribution in [2.24, 2.45) is 0 Å². The molecule has 0 radical (unpaired) electrons. The Balaban J connectivity index is 2.60. The lowest BCUT2D eigenvalue weighted by atomic mass is 10.2. The molecule has 0 fully saturated rings. The molecule has 1 N–H and O–H groups in total. The van der Waals surface area contributed by atoms with Gasteiger partial charge in [0.1, 0.15) is 0 Å². The number of nitrogens with one attached hydrogen (secondary N) is 1. The molecule has 0 unspecified atom stereocenters. The van der Waals surface area contributed by atoms with E-state index in [1.165, 1.54) is 0 Å². The molecule has 0 bridgehead atoms. The van der Waals surface area contributed by atoms with Crippen LogP contribution in [0.5, 0.6) is 0 Å². The molecule has 17 heavy (non-hydrogen) atoms. The topological polar surface area (TPSA) is 39.1 Å². The Morgan fingerprint density at radius 1 is 1.53 bits per heavy atom. The Labute approximate surface area is 103 Å². The van der Waals surface area contributed by atoms with E-state index in [9.17, 15) is 0 Å². The molecule has 0 aliphatic rings. The molecule has 0 amide bonds. The summed E-state index contributed by atoms with van der Waals surface area (Å²) < 4.78 is 0. The number of nitriles is 1. The molecular weight excluding hydrogens is 210 g/mol. The Hall–Kier alpha value is -1.79. The second-order valence-electron chi connectivity index (χ2n) is 4.05. The fourth-order valence-electron chi connectivity index (χ4n) is 1.60. The van der Waals surface area contributed by atoms with Crippen molar-refractivity contribution in [1.29, 1.82) is 5.26 Å². The molecule has 0 saturated heterocycles. The van der Waals surface area contributed by atoms with Crippen LogP contribution in [0, 0.1) is 11.3 Å². The van der Waals surface area contributed by atoms with E-state index in [-0.39, 0.29) is 0 Å². The van der Waals surface area contributed by atoms with E-state index in [1.54, 1.807) is 0 Å². The van der Waals surface area contributed by atoms with E-state index >= 15 is 0 Å². The van der Waals surface area contributed by atoms with Crippen LogP contribution in [-0.4, -0.2) is 26.7 Å². The Bertz CT molecular complexity index is 418. The number of benzene rings is 1. The third-order valence-electron chi connectivity index (χ3n) is 2.50. The number of hydrogen-bond acceptors (Lipinski definition) is 3. The highest BCUT2D eigenvalue weighted by Crippen LogP contribution is 2.15. The first-order valence-corrected chi connectivity index (χ1v) is 5.76. The fraction of sp³-hybridized carbons (Fsp3) is 0.357. The van der Waals surface area contributed by atoms with Crippen LogP contribution in [0.15, 0.2) is 36.4 Å². The number of rotatable bonds is 6. The van der Waals surface area contributed by atoms with Crippen molar-refractivity contribution in [3.8, 4) is 6.07 Å². The highest BCUT2D eigenvalue weighted by atomic mass is 15.1. The molecule has 0 spiro atoms. The molecule has 0 aliphatic carbocycles. The van der Waals surface area contributed by atoms with E-state index < -0.39 is 0 Å². The van der Waals surface area contributed by atoms with Gasteiger partial charge >= 0.3 is 0 Å². The second kappa shape index (κ2) is 6.72. The van der Waals surface area contributed by atoms with Crippen molar-refractivity contribution in [2.75, 3.05) is 31.6 Å². The smallest absolute Gasteiger partial charge is 0.0992 e. The molecule has 0 atom stereocenters. The zero-order valence-electron chi connectivity index (χ0n) is 10.5. The van der Waals surface area contributed by atoms with Gasteiger partial charge in [-0.05, 0) is 30.3 Å².